The van der Waals surface area contributed by atoms with Crippen molar-refractivity contribution in [1.82, 2.24) is 0 Å². The largest absolute Gasteiger partial charge is 0.252 e. The number of thiol groups is 2. The molecule has 0 bridgehead atoms. The Hall–Kier alpha value is 1.09. The third kappa shape index (κ3) is 9.09. The number of hydrogen-bond donors (Lipinski definition) is 3. The Kier molecular flexibility index (Phi) is 5.42. The molecular formula is C5H14OPS2+. The van der Waals surface area contributed by atoms with Crippen LogP contribution in [-0.2, 0) is 0 Å². The van der Waals surface area contributed by atoms with E-state index in [1.807, 2.05) is 0 Å². The number of rotatable bonds is 4. The van der Waals surface area contributed by atoms with E-state index in [1.165, 1.54) is 12.8 Å². The minimum absolute atomic E-state index is 0.771. The fraction of sp³-hybridized carbons (Fsp3) is 1.00. The Morgan fingerprint density at radius 3 is 2.22 bits per heavy atom. The highest BCUT2D eigenvalue weighted by Crippen LogP contribution is 2.64. The van der Waals surface area contributed by atoms with Crippen LogP contribution in [0, 0.1) is 0 Å². The highest BCUT2D eigenvalue weighted by molar-refractivity contribution is 8.83. The van der Waals surface area contributed by atoms with Gasteiger partial charge in [0.2, 0.25) is 0 Å². The first-order valence-corrected chi connectivity index (χ1v) is 7.36. The molecule has 0 aliphatic rings. The normalized spacial score (nSPS) is 12.0. The lowest BCUT2D eigenvalue weighted by Crippen LogP contribution is -1.83. The lowest BCUT2D eigenvalue weighted by Gasteiger charge is -2.02. The van der Waals surface area contributed by atoms with Gasteiger partial charge in [-0.15, -0.1) is 0 Å². The van der Waals surface area contributed by atoms with Crippen LogP contribution in [0.25, 0.3) is 0 Å². The Labute approximate surface area is 68.0 Å². The van der Waals surface area contributed by atoms with Gasteiger partial charge in [0.25, 0.3) is 5.89 Å². The molecule has 0 aromatic heterocycles. The highest BCUT2D eigenvalue weighted by Gasteiger charge is 2.23. The first-order chi connectivity index (χ1) is 4.06. The molecule has 0 heterocycles. The molecule has 0 aromatic rings. The monoisotopic (exact) mass is 185 g/mol. The summed E-state index contributed by atoms with van der Waals surface area (Å²) in [5, 5.41) is 0. The van der Waals surface area contributed by atoms with E-state index in [0.717, 1.165) is 12.6 Å². The summed E-state index contributed by atoms with van der Waals surface area (Å²) in [4.78, 5) is 9.08. The second kappa shape index (κ2) is 4.84. The fourth-order valence-corrected chi connectivity index (χ4v) is 2.07. The van der Waals surface area contributed by atoms with Gasteiger partial charge in [0.05, 0.1) is 0 Å². The lowest BCUT2D eigenvalue weighted by atomic mass is 10.3. The third-order valence-electron chi connectivity index (χ3n) is 1.06. The molecule has 0 aliphatic heterocycles. The summed E-state index contributed by atoms with van der Waals surface area (Å²) in [6.07, 6.45) is 4.17. The van der Waals surface area contributed by atoms with Gasteiger partial charge < -0.3 is 0 Å². The average molecular weight is 185 g/mol. The number of hydrogen-bond acceptors (Lipinski definition) is 3. The second-order valence-electron chi connectivity index (χ2n) is 2.12. The fourth-order valence-electron chi connectivity index (χ4n) is 0.574. The Morgan fingerprint density at radius 1 is 1.33 bits per heavy atom. The minimum atomic E-state index is -2.06. The van der Waals surface area contributed by atoms with E-state index >= 15 is 0 Å². The summed E-state index contributed by atoms with van der Waals surface area (Å²) in [7, 11) is 0. The summed E-state index contributed by atoms with van der Waals surface area (Å²) in [6, 6.07) is 0. The van der Waals surface area contributed by atoms with Crippen LogP contribution < -0.4 is 0 Å². The van der Waals surface area contributed by atoms with Gasteiger partial charge in [0.15, 0.2) is 0 Å². The van der Waals surface area contributed by atoms with Gasteiger partial charge in [-0.25, -0.2) is 4.89 Å². The van der Waals surface area contributed by atoms with Crippen LogP contribution >= 0.6 is 30.4 Å². The van der Waals surface area contributed by atoms with Crippen molar-refractivity contribution in [2.75, 3.05) is 6.16 Å². The molecule has 1 nitrogen and oxygen atoms in total. The average Bonchev–Trinajstić information content (AvgIpc) is 1.63. The first-order valence-electron chi connectivity index (χ1n) is 3.12. The van der Waals surface area contributed by atoms with E-state index in [-0.39, 0.29) is 0 Å². The van der Waals surface area contributed by atoms with E-state index in [2.05, 4.69) is 31.4 Å². The molecular weight excluding hydrogens is 171 g/mol. The Morgan fingerprint density at radius 2 is 1.89 bits per heavy atom. The molecule has 0 aromatic carbocycles. The quantitative estimate of drug-likeness (QED) is 0.349. The van der Waals surface area contributed by atoms with Gasteiger partial charge in [-0.2, -0.15) is 0 Å². The molecule has 0 aliphatic carbocycles. The molecule has 0 amide bonds. The van der Waals surface area contributed by atoms with Gasteiger partial charge in [-0.3, -0.25) is 0 Å². The summed E-state index contributed by atoms with van der Waals surface area (Å²) in [5.41, 5.74) is 0. The van der Waals surface area contributed by atoms with Crippen LogP contribution in [-0.4, -0.2) is 11.1 Å². The molecule has 0 fully saturated rings. The maximum atomic E-state index is 9.08. The van der Waals surface area contributed by atoms with Gasteiger partial charge in [-0.1, -0.05) is 13.3 Å². The Bertz CT molecular complexity index is 71.8. The van der Waals surface area contributed by atoms with Crippen LogP contribution in [0.4, 0.5) is 0 Å². The maximum Gasteiger partial charge on any atom is 0.252 e. The standard InChI is InChI=1S/C5H14OPS2/c1-2-3-4-5-7(6,8)9/h6,8-9H,2-5H2,1H3/q+1. The lowest BCUT2D eigenvalue weighted by molar-refractivity contribution is 0.628. The molecule has 0 saturated heterocycles. The zero-order valence-corrected chi connectivity index (χ0v) is 8.30. The topological polar surface area (TPSA) is 20.2 Å². The predicted molar refractivity (Wildman–Crippen MR) is 51.5 cm³/mol. The molecule has 0 spiro atoms. The summed E-state index contributed by atoms with van der Waals surface area (Å²) < 4.78 is 0. The van der Waals surface area contributed by atoms with Crippen LogP contribution in [0.1, 0.15) is 26.2 Å². The smallest absolute Gasteiger partial charge is 0.228 e. The summed E-state index contributed by atoms with van der Waals surface area (Å²) >= 11 is 7.92. The van der Waals surface area contributed by atoms with Crippen LogP contribution in [0.15, 0.2) is 0 Å². The van der Waals surface area contributed by atoms with Crippen molar-refractivity contribution in [2.24, 2.45) is 0 Å². The second-order valence-corrected chi connectivity index (χ2v) is 8.87. The zero-order valence-electron chi connectivity index (χ0n) is 5.62. The minimum Gasteiger partial charge on any atom is -0.228 e. The van der Waals surface area contributed by atoms with Crippen molar-refractivity contribution >= 4 is 30.4 Å². The van der Waals surface area contributed by atoms with Crippen molar-refractivity contribution in [3.05, 3.63) is 0 Å². The van der Waals surface area contributed by atoms with Crippen LogP contribution in [0.3, 0.4) is 0 Å². The molecule has 0 unspecified atom stereocenters. The van der Waals surface area contributed by atoms with Gasteiger partial charge in [0, 0.05) is 24.5 Å². The van der Waals surface area contributed by atoms with Crippen LogP contribution in [0.5, 0.6) is 0 Å². The van der Waals surface area contributed by atoms with Gasteiger partial charge in [0.1, 0.15) is 6.16 Å². The van der Waals surface area contributed by atoms with Crippen LogP contribution in [0.2, 0.25) is 0 Å². The maximum absolute atomic E-state index is 9.08. The molecule has 56 valence electrons. The molecule has 0 radical (unpaired) electrons. The van der Waals surface area contributed by atoms with E-state index < -0.39 is 5.89 Å². The SMILES string of the molecule is CCCCC[P+](O)(S)S. The molecule has 1 N–H and O–H groups in total. The summed E-state index contributed by atoms with van der Waals surface area (Å²) in [6.45, 7) is 2.13. The molecule has 9 heavy (non-hydrogen) atoms. The van der Waals surface area contributed by atoms with Gasteiger partial charge >= 0.3 is 0 Å². The molecule has 0 atom stereocenters. The van der Waals surface area contributed by atoms with Crippen molar-refractivity contribution in [1.29, 1.82) is 0 Å². The third-order valence-corrected chi connectivity index (χ3v) is 3.18. The molecule has 4 heteroatoms. The van der Waals surface area contributed by atoms with Crippen molar-refractivity contribution in [3.8, 4) is 0 Å². The molecule has 0 saturated carbocycles. The zero-order chi connectivity index (χ0) is 7.33. The summed E-state index contributed by atoms with van der Waals surface area (Å²) in [5.74, 6) is -2.06. The van der Waals surface area contributed by atoms with Crippen molar-refractivity contribution < 1.29 is 4.89 Å². The Balaban J connectivity index is 3.07. The highest BCUT2D eigenvalue weighted by atomic mass is 33.1. The predicted octanol–water partition coefficient (Wildman–Crippen LogP) is 2.79. The van der Waals surface area contributed by atoms with Gasteiger partial charge in [-0.05, 0) is 12.8 Å². The van der Waals surface area contributed by atoms with E-state index in [0.29, 0.717) is 0 Å². The van der Waals surface area contributed by atoms with Crippen molar-refractivity contribution in [2.45, 2.75) is 26.2 Å². The van der Waals surface area contributed by atoms with E-state index in [9.17, 15) is 0 Å². The van der Waals surface area contributed by atoms with E-state index in [4.69, 9.17) is 4.89 Å². The van der Waals surface area contributed by atoms with Crippen molar-refractivity contribution in [3.63, 3.8) is 0 Å². The number of unbranched alkanes of at least 4 members (excludes halogenated alkanes) is 2. The van der Waals surface area contributed by atoms with E-state index in [1.54, 1.807) is 0 Å². The first kappa shape index (κ1) is 10.1. The molecule has 0 rings (SSSR count).